The van der Waals surface area contributed by atoms with Crippen LogP contribution in [0.3, 0.4) is 0 Å². The van der Waals surface area contributed by atoms with Crippen molar-refractivity contribution in [2.75, 3.05) is 13.2 Å². The third-order valence-corrected chi connectivity index (χ3v) is 2.92. The van der Waals surface area contributed by atoms with Crippen LogP contribution in [0.2, 0.25) is 0 Å². The Morgan fingerprint density at radius 1 is 1.71 bits per heavy atom. The van der Waals surface area contributed by atoms with Gasteiger partial charge in [0.2, 0.25) is 0 Å². The Labute approximate surface area is 87.5 Å². The normalized spacial score (nSPS) is 21.6. The van der Waals surface area contributed by atoms with E-state index in [0.29, 0.717) is 10.7 Å². The number of aliphatic hydroxyl groups excluding tert-OH is 1. The standard InChI is InChI=1S/C9H14N2O2S/c12-5-8-3-10-9(14)11(8)4-7-1-2-13-6-7/h3,7,12H,1-2,4-6H2,(H,10,14). The average Bonchev–Trinajstić information content (AvgIpc) is 2.79. The Kier molecular flexibility index (Phi) is 3.00. The molecule has 78 valence electrons. The van der Waals surface area contributed by atoms with Gasteiger partial charge in [0.15, 0.2) is 4.77 Å². The van der Waals surface area contributed by atoms with E-state index in [0.717, 1.165) is 31.9 Å². The van der Waals surface area contributed by atoms with Gasteiger partial charge >= 0.3 is 0 Å². The number of aromatic nitrogens is 2. The molecule has 1 aromatic rings. The third-order valence-electron chi connectivity index (χ3n) is 2.58. The summed E-state index contributed by atoms with van der Waals surface area (Å²) >= 11 is 5.13. The third kappa shape index (κ3) is 1.89. The van der Waals surface area contributed by atoms with Crippen LogP contribution < -0.4 is 0 Å². The topological polar surface area (TPSA) is 50.2 Å². The molecular formula is C9H14N2O2S. The van der Waals surface area contributed by atoms with E-state index in [1.165, 1.54) is 0 Å². The maximum absolute atomic E-state index is 9.09. The van der Waals surface area contributed by atoms with Crippen LogP contribution in [0.25, 0.3) is 0 Å². The molecule has 1 saturated heterocycles. The monoisotopic (exact) mass is 214 g/mol. The summed E-state index contributed by atoms with van der Waals surface area (Å²) < 4.78 is 7.93. The van der Waals surface area contributed by atoms with Gasteiger partial charge in [0.05, 0.1) is 18.9 Å². The molecule has 1 aliphatic rings. The van der Waals surface area contributed by atoms with Crippen LogP contribution in [0, 0.1) is 10.7 Å². The highest BCUT2D eigenvalue weighted by Crippen LogP contribution is 2.16. The van der Waals surface area contributed by atoms with Gasteiger partial charge < -0.3 is 19.4 Å². The second kappa shape index (κ2) is 4.25. The molecule has 0 spiro atoms. The van der Waals surface area contributed by atoms with Crippen molar-refractivity contribution in [3.8, 4) is 0 Å². The largest absolute Gasteiger partial charge is 0.390 e. The zero-order valence-corrected chi connectivity index (χ0v) is 8.72. The summed E-state index contributed by atoms with van der Waals surface area (Å²) in [5, 5.41) is 9.09. The first-order valence-corrected chi connectivity index (χ1v) is 5.18. The van der Waals surface area contributed by atoms with Gasteiger partial charge in [0, 0.05) is 25.3 Å². The molecule has 2 heterocycles. The van der Waals surface area contributed by atoms with E-state index < -0.39 is 0 Å². The van der Waals surface area contributed by atoms with E-state index in [1.54, 1.807) is 6.20 Å². The van der Waals surface area contributed by atoms with Crippen molar-refractivity contribution in [2.24, 2.45) is 5.92 Å². The first-order valence-electron chi connectivity index (χ1n) is 4.77. The minimum Gasteiger partial charge on any atom is -0.390 e. The molecular weight excluding hydrogens is 200 g/mol. The fourth-order valence-electron chi connectivity index (χ4n) is 1.75. The molecule has 1 atom stereocenters. The molecule has 0 aromatic carbocycles. The minimum atomic E-state index is 0.0285. The molecule has 14 heavy (non-hydrogen) atoms. The molecule has 2 N–H and O–H groups in total. The Bertz CT molecular complexity index is 352. The van der Waals surface area contributed by atoms with Crippen molar-refractivity contribution in [3.05, 3.63) is 16.7 Å². The highest BCUT2D eigenvalue weighted by atomic mass is 32.1. The zero-order chi connectivity index (χ0) is 9.97. The summed E-state index contributed by atoms with van der Waals surface area (Å²) in [6.45, 7) is 2.52. The Morgan fingerprint density at radius 2 is 2.57 bits per heavy atom. The summed E-state index contributed by atoms with van der Waals surface area (Å²) in [6.07, 6.45) is 2.84. The van der Waals surface area contributed by atoms with Crippen molar-refractivity contribution < 1.29 is 9.84 Å². The minimum absolute atomic E-state index is 0.0285. The van der Waals surface area contributed by atoms with E-state index in [9.17, 15) is 0 Å². The van der Waals surface area contributed by atoms with Crippen molar-refractivity contribution >= 4 is 12.2 Å². The van der Waals surface area contributed by atoms with Crippen molar-refractivity contribution in [1.29, 1.82) is 0 Å². The molecule has 5 heteroatoms. The summed E-state index contributed by atoms with van der Waals surface area (Å²) in [6, 6.07) is 0. The number of aliphatic hydroxyl groups is 1. The fourth-order valence-corrected chi connectivity index (χ4v) is 2.00. The summed E-state index contributed by atoms with van der Waals surface area (Å²) in [4.78, 5) is 2.94. The van der Waals surface area contributed by atoms with Gasteiger partial charge in [-0.05, 0) is 18.6 Å². The second-order valence-electron chi connectivity index (χ2n) is 3.58. The van der Waals surface area contributed by atoms with Gasteiger partial charge in [-0.2, -0.15) is 0 Å². The molecule has 0 bridgehead atoms. The molecule has 0 aliphatic carbocycles. The number of H-pyrrole nitrogens is 1. The number of imidazole rings is 1. The van der Waals surface area contributed by atoms with Crippen LogP contribution in [0.15, 0.2) is 6.20 Å². The number of nitrogens with one attached hydrogen (secondary N) is 1. The summed E-state index contributed by atoms with van der Waals surface area (Å²) in [5.41, 5.74) is 0.849. The molecule has 1 fully saturated rings. The molecule has 0 amide bonds. The fraction of sp³-hybridized carbons (Fsp3) is 0.667. The summed E-state index contributed by atoms with van der Waals surface area (Å²) in [7, 11) is 0. The first kappa shape index (κ1) is 9.89. The van der Waals surface area contributed by atoms with Crippen molar-refractivity contribution in [2.45, 2.75) is 19.6 Å². The first-order chi connectivity index (χ1) is 6.81. The SMILES string of the molecule is OCc1c[nH]c(=S)n1CC1CCOC1. The number of aromatic amines is 1. The molecule has 1 unspecified atom stereocenters. The van der Waals surface area contributed by atoms with E-state index >= 15 is 0 Å². The number of hydrogen-bond acceptors (Lipinski definition) is 3. The lowest BCUT2D eigenvalue weighted by atomic mass is 10.1. The molecule has 2 rings (SSSR count). The number of nitrogens with zero attached hydrogens (tertiary/aromatic N) is 1. The van der Waals surface area contributed by atoms with Crippen LogP contribution in [-0.4, -0.2) is 27.9 Å². The van der Waals surface area contributed by atoms with Gasteiger partial charge in [-0.1, -0.05) is 0 Å². The van der Waals surface area contributed by atoms with Crippen LogP contribution in [0.5, 0.6) is 0 Å². The van der Waals surface area contributed by atoms with Gasteiger partial charge in [0.1, 0.15) is 0 Å². The average molecular weight is 214 g/mol. The number of ether oxygens (including phenoxy) is 1. The van der Waals surface area contributed by atoms with Gasteiger partial charge in [-0.3, -0.25) is 0 Å². The number of rotatable bonds is 3. The van der Waals surface area contributed by atoms with Crippen molar-refractivity contribution in [1.82, 2.24) is 9.55 Å². The highest BCUT2D eigenvalue weighted by molar-refractivity contribution is 7.71. The van der Waals surface area contributed by atoms with E-state index in [2.05, 4.69) is 4.98 Å². The predicted octanol–water partition coefficient (Wildman–Crippen LogP) is 1.07. The lowest BCUT2D eigenvalue weighted by molar-refractivity contribution is 0.181. The maximum atomic E-state index is 9.09. The van der Waals surface area contributed by atoms with Crippen LogP contribution in [-0.2, 0) is 17.9 Å². The Balaban J connectivity index is 2.13. The molecule has 0 saturated carbocycles. The molecule has 0 radical (unpaired) electrons. The quantitative estimate of drug-likeness (QED) is 0.740. The summed E-state index contributed by atoms with van der Waals surface area (Å²) in [5.74, 6) is 0.530. The van der Waals surface area contributed by atoms with Gasteiger partial charge in [-0.15, -0.1) is 0 Å². The molecule has 1 aliphatic heterocycles. The van der Waals surface area contributed by atoms with Gasteiger partial charge in [-0.25, -0.2) is 0 Å². The lowest BCUT2D eigenvalue weighted by Crippen LogP contribution is -2.13. The van der Waals surface area contributed by atoms with Crippen LogP contribution in [0.4, 0.5) is 0 Å². The van der Waals surface area contributed by atoms with E-state index in [1.807, 2.05) is 4.57 Å². The highest BCUT2D eigenvalue weighted by Gasteiger charge is 2.17. The van der Waals surface area contributed by atoms with E-state index in [4.69, 9.17) is 22.1 Å². The predicted molar refractivity (Wildman–Crippen MR) is 54.5 cm³/mol. The van der Waals surface area contributed by atoms with Crippen LogP contribution in [0.1, 0.15) is 12.1 Å². The molecule has 1 aromatic heterocycles. The Hall–Kier alpha value is -0.650. The maximum Gasteiger partial charge on any atom is 0.177 e. The molecule has 4 nitrogen and oxygen atoms in total. The van der Waals surface area contributed by atoms with Gasteiger partial charge in [0.25, 0.3) is 0 Å². The smallest absolute Gasteiger partial charge is 0.177 e. The lowest BCUT2D eigenvalue weighted by Gasteiger charge is -2.10. The number of hydrogen-bond donors (Lipinski definition) is 2. The second-order valence-corrected chi connectivity index (χ2v) is 3.97. The zero-order valence-electron chi connectivity index (χ0n) is 7.90. The van der Waals surface area contributed by atoms with Crippen molar-refractivity contribution in [3.63, 3.8) is 0 Å². The van der Waals surface area contributed by atoms with Crippen LogP contribution >= 0.6 is 12.2 Å². The Morgan fingerprint density at radius 3 is 3.21 bits per heavy atom. The van der Waals surface area contributed by atoms with E-state index in [-0.39, 0.29) is 6.61 Å².